The third kappa shape index (κ3) is 5.04. The van der Waals surface area contributed by atoms with Crippen molar-refractivity contribution in [2.24, 2.45) is 5.92 Å². The molecule has 1 aromatic carbocycles. The summed E-state index contributed by atoms with van der Waals surface area (Å²) < 4.78 is 10.1. The van der Waals surface area contributed by atoms with E-state index in [4.69, 9.17) is 9.47 Å². The van der Waals surface area contributed by atoms with Crippen LogP contribution in [0.3, 0.4) is 0 Å². The summed E-state index contributed by atoms with van der Waals surface area (Å²) in [6, 6.07) is 10.0. The molecule has 1 N–H and O–H groups in total. The molecule has 6 heteroatoms. The van der Waals surface area contributed by atoms with Crippen LogP contribution in [-0.2, 0) is 25.5 Å². The fraction of sp³-hybridized carbons (Fsp3) is 0.529. The van der Waals surface area contributed by atoms with Gasteiger partial charge in [0, 0.05) is 33.7 Å². The number of likely N-dealkylation sites (tertiary alicyclic amines) is 1. The molecule has 1 atom stereocenters. The van der Waals surface area contributed by atoms with Gasteiger partial charge in [-0.05, 0) is 12.0 Å². The van der Waals surface area contributed by atoms with Crippen LogP contribution in [0.25, 0.3) is 0 Å². The average Bonchev–Trinajstić information content (AvgIpc) is 2.95. The maximum Gasteiger partial charge on any atom is 0.225 e. The van der Waals surface area contributed by atoms with E-state index >= 15 is 0 Å². The summed E-state index contributed by atoms with van der Waals surface area (Å²) in [5.41, 5.74) is 1.19. The molecule has 1 aliphatic rings. The van der Waals surface area contributed by atoms with Gasteiger partial charge in [0.15, 0.2) is 6.29 Å². The second-order valence-electron chi connectivity index (χ2n) is 5.62. The third-order valence-electron chi connectivity index (χ3n) is 4.07. The van der Waals surface area contributed by atoms with Crippen LogP contribution >= 0.6 is 0 Å². The first-order valence-electron chi connectivity index (χ1n) is 7.79. The average molecular weight is 320 g/mol. The van der Waals surface area contributed by atoms with Gasteiger partial charge < -0.3 is 19.7 Å². The molecule has 23 heavy (non-hydrogen) atoms. The number of ether oxygens (including phenoxy) is 2. The number of methoxy groups -OCH3 is 2. The Morgan fingerprint density at radius 1 is 1.30 bits per heavy atom. The SMILES string of the molecule is COC(CNC(=O)[C@H]1CC(=O)N(CCc2ccccc2)C1)OC. The van der Waals surface area contributed by atoms with Crippen molar-refractivity contribution in [3.63, 3.8) is 0 Å². The zero-order valence-electron chi connectivity index (χ0n) is 13.7. The van der Waals surface area contributed by atoms with Crippen LogP contribution in [0.15, 0.2) is 30.3 Å². The zero-order valence-corrected chi connectivity index (χ0v) is 13.7. The smallest absolute Gasteiger partial charge is 0.225 e. The topological polar surface area (TPSA) is 67.9 Å². The Hall–Kier alpha value is -1.92. The van der Waals surface area contributed by atoms with Gasteiger partial charge in [-0.2, -0.15) is 0 Å². The number of benzene rings is 1. The predicted octanol–water partition coefficient (Wildman–Crippen LogP) is 0.813. The first kappa shape index (κ1) is 17.4. The minimum Gasteiger partial charge on any atom is -0.354 e. The summed E-state index contributed by atoms with van der Waals surface area (Å²) in [4.78, 5) is 26.0. The third-order valence-corrected chi connectivity index (χ3v) is 4.07. The number of rotatable bonds is 8. The molecule has 0 radical (unpaired) electrons. The lowest BCUT2D eigenvalue weighted by atomic mass is 10.1. The molecule has 126 valence electrons. The van der Waals surface area contributed by atoms with Crippen LogP contribution in [0.4, 0.5) is 0 Å². The summed E-state index contributed by atoms with van der Waals surface area (Å²) >= 11 is 0. The molecular formula is C17H24N2O4. The quantitative estimate of drug-likeness (QED) is 0.720. The molecule has 0 unspecified atom stereocenters. The maximum absolute atomic E-state index is 12.1. The highest BCUT2D eigenvalue weighted by Crippen LogP contribution is 2.18. The lowest BCUT2D eigenvalue weighted by molar-refractivity contribution is -0.131. The van der Waals surface area contributed by atoms with Crippen molar-refractivity contribution >= 4 is 11.8 Å². The van der Waals surface area contributed by atoms with Gasteiger partial charge in [0.2, 0.25) is 11.8 Å². The monoisotopic (exact) mass is 320 g/mol. The highest BCUT2D eigenvalue weighted by Gasteiger charge is 2.34. The van der Waals surface area contributed by atoms with Crippen molar-refractivity contribution in [3.05, 3.63) is 35.9 Å². The Morgan fingerprint density at radius 3 is 2.65 bits per heavy atom. The van der Waals surface area contributed by atoms with Gasteiger partial charge in [-0.15, -0.1) is 0 Å². The fourth-order valence-electron chi connectivity index (χ4n) is 2.66. The van der Waals surface area contributed by atoms with Gasteiger partial charge in [0.25, 0.3) is 0 Å². The van der Waals surface area contributed by atoms with E-state index in [1.165, 1.54) is 19.8 Å². The number of hydrogen-bond acceptors (Lipinski definition) is 4. The number of nitrogens with one attached hydrogen (secondary N) is 1. The van der Waals surface area contributed by atoms with Crippen molar-refractivity contribution in [2.75, 3.05) is 33.9 Å². The molecule has 0 saturated carbocycles. The number of carbonyl (C=O) groups is 2. The predicted molar refractivity (Wildman–Crippen MR) is 85.6 cm³/mol. The van der Waals surface area contributed by atoms with Crippen LogP contribution < -0.4 is 5.32 Å². The molecule has 1 aromatic rings. The summed E-state index contributed by atoms with van der Waals surface area (Å²) in [7, 11) is 3.04. The fourth-order valence-corrected chi connectivity index (χ4v) is 2.66. The highest BCUT2D eigenvalue weighted by atomic mass is 16.7. The molecule has 1 fully saturated rings. The molecular weight excluding hydrogens is 296 g/mol. The van der Waals surface area contributed by atoms with Gasteiger partial charge in [-0.3, -0.25) is 9.59 Å². The largest absolute Gasteiger partial charge is 0.354 e. The molecule has 1 heterocycles. The number of carbonyl (C=O) groups excluding carboxylic acids is 2. The molecule has 0 bridgehead atoms. The van der Waals surface area contributed by atoms with Gasteiger partial charge in [0.05, 0.1) is 12.5 Å². The van der Waals surface area contributed by atoms with Crippen LogP contribution in [0, 0.1) is 5.92 Å². The van der Waals surface area contributed by atoms with Gasteiger partial charge in [-0.1, -0.05) is 30.3 Å². The number of hydrogen-bond donors (Lipinski definition) is 1. The lowest BCUT2D eigenvalue weighted by Gasteiger charge is -2.18. The van der Waals surface area contributed by atoms with E-state index in [0.29, 0.717) is 13.1 Å². The van der Waals surface area contributed by atoms with E-state index in [-0.39, 0.29) is 30.7 Å². The molecule has 2 amide bonds. The first-order valence-corrected chi connectivity index (χ1v) is 7.79. The Labute approximate surface area is 136 Å². The molecule has 1 saturated heterocycles. The standard InChI is InChI=1S/C17H24N2O4/c1-22-16(23-2)11-18-17(21)14-10-15(20)19(12-14)9-8-13-6-4-3-5-7-13/h3-7,14,16H,8-12H2,1-2H3,(H,18,21)/t14-/m0/s1. The summed E-state index contributed by atoms with van der Waals surface area (Å²) in [6.45, 7) is 1.40. The summed E-state index contributed by atoms with van der Waals surface area (Å²) in [6.07, 6.45) is 0.604. The van der Waals surface area contributed by atoms with E-state index in [1.54, 1.807) is 4.90 Å². The van der Waals surface area contributed by atoms with Gasteiger partial charge in [0.1, 0.15) is 0 Å². The van der Waals surface area contributed by atoms with Crippen molar-refractivity contribution in [1.29, 1.82) is 0 Å². The first-order chi connectivity index (χ1) is 11.1. The summed E-state index contributed by atoms with van der Waals surface area (Å²) in [5, 5.41) is 2.77. The normalized spacial score (nSPS) is 17.8. The molecule has 6 nitrogen and oxygen atoms in total. The Kier molecular flexibility index (Phi) is 6.55. The van der Waals surface area contributed by atoms with Crippen LogP contribution in [0.5, 0.6) is 0 Å². The minimum absolute atomic E-state index is 0.0381. The van der Waals surface area contributed by atoms with E-state index < -0.39 is 6.29 Å². The van der Waals surface area contributed by atoms with Crippen molar-refractivity contribution in [3.8, 4) is 0 Å². The second kappa shape index (κ2) is 8.64. The maximum atomic E-state index is 12.1. The molecule has 0 aromatic heterocycles. The second-order valence-corrected chi connectivity index (χ2v) is 5.62. The highest BCUT2D eigenvalue weighted by molar-refractivity contribution is 5.89. The lowest BCUT2D eigenvalue weighted by Crippen LogP contribution is -2.38. The van der Waals surface area contributed by atoms with Gasteiger partial charge in [-0.25, -0.2) is 0 Å². The van der Waals surface area contributed by atoms with Crippen LogP contribution in [0.2, 0.25) is 0 Å². The zero-order chi connectivity index (χ0) is 16.7. The number of nitrogens with zero attached hydrogens (tertiary/aromatic N) is 1. The van der Waals surface area contributed by atoms with Crippen molar-refractivity contribution in [2.45, 2.75) is 19.1 Å². The minimum atomic E-state index is -0.467. The van der Waals surface area contributed by atoms with Gasteiger partial charge >= 0.3 is 0 Å². The van der Waals surface area contributed by atoms with Crippen molar-refractivity contribution in [1.82, 2.24) is 10.2 Å². The van der Waals surface area contributed by atoms with E-state index in [9.17, 15) is 9.59 Å². The van der Waals surface area contributed by atoms with Crippen molar-refractivity contribution < 1.29 is 19.1 Å². The molecule has 1 aliphatic heterocycles. The van der Waals surface area contributed by atoms with Crippen LogP contribution in [0.1, 0.15) is 12.0 Å². The molecule has 2 rings (SSSR count). The Balaban J connectivity index is 1.78. The molecule has 0 aliphatic carbocycles. The van der Waals surface area contributed by atoms with Crippen LogP contribution in [-0.4, -0.2) is 56.9 Å². The Morgan fingerprint density at radius 2 is 2.00 bits per heavy atom. The molecule has 0 spiro atoms. The number of amides is 2. The summed E-state index contributed by atoms with van der Waals surface area (Å²) in [5.74, 6) is -0.386. The van der Waals surface area contributed by atoms with E-state index in [1.807, 2.05) is 30.3 Å². The Bertz CT molecular complexity index is 517. The van der Waals surface area contributed by atoms with E-state index in [2.05, 4.69) is 5.32 Å². The van der Waals surface area contributed by atoms with E-state index in [0.717, 1.165) is 6.42 Å².